The molecule has 0 heterocycles. The van der Waals surface area contributed by atoms with Gasteiger partial charge >= 0.3 is 0 Å². The normalized spacial score (nSPS) is 13.4. The smallest absolute Gasteiger partial charge is 0.207 e. The Labute approximate surface area is 110 Å². The van der Waals surface area contributed by atoms with E-state index in [9.17, 15) is 8.42 Å². The lowest BCUT2D eigenvalue weighted by Crippen LogP contribution is -2.34. The van der Waals surface area contributed by atoms with Gasteiger partial charge in [0, 0.05) is 17.6 Å². The summed E-state index contributed by atoms with van der Waals surface area (Å²) in [4.78, 5) is 0.221. The van der Waals surface area contributed by atoms with Gasteiger partial charge in [0.1, 0.15) is 0 Å². The first-order chi connectivity index (χ1) is 7.89. The molecule has 4 nitrogen and oxygen atoms in total. The molecule has 0 saturated heterocycles. The van der Waals surface area contributed by atoms with Crippen LogP contribution in [0.25, 0.3) is 0 Å². The fraction of sp³-hybridized carbons (Fsp3) is 0.364. The monoisotopic (exact) mass is 316 g/mol. The quantitative estimate of drug-likeness (QED) is 0.856. The minimum absolute atomic E-state index is 0.170. The Bertz CT molecular complexity index is 537. The molecule has 0 aliphatic carbocycles. The highest BCUT2D eigenvalue weighted by Gasteiger charge is 2.25. The SMILES string of the molecule is CC(CC#N)N(C)S(=O)(=O)c1cccc(Br)c1. The van der Waals surface area contributed by atoms with Crippen molar-refractivity contribution in [1.82, 2.24) is 4.31 Å². The molecule has 1 unspecified atom stereocenters. The number of sulfonamides is 1. The van der Waals surface area contributed by atoms with Gasteiger partial charge in [0.05, 0.1) is 17.4 Å². The van der Waals surface area contributed by atoms with Crippen LogP contribution in [-0.2, 0) is 10.0 Å². The van der Waals surface area contributed by atoms with Crippen molar-refractivity contribution in [2.75, 3.05) is 7.05 Å². The molecule has 17 heavy (non-hydrogen) atoms. The van der Waals surface area contributed by atoms with E-state index in [0.29, 0.717) is 4.47 Å². The van der Waals surface area contributed by atoms with E-state index in [4.69, 9.17) is 5.26 Å². The maximum Gasteiger partial charge on any atom is 0.243 e. The molecular formula is C11H13BrN2O2S. The number of halogens is 1. The van der Waals surface area contributed by atoms with Crippen LogP contribution in [0.3, 0.4) is 0 Å². The average Bonchev–Trinajstić information content (AvgIpc) is 2.28. The van der Waals surface area contributed by atoms with Gasteiger partial charge in [-0.1, -0.05) is 22.0 Å². The van der Waals surface area contributed by atoms with Gasteiger partial charge in [0.25, 0.3) is 0 Å². The molecule has 0 N–H and O–H groups in total. The van der Waals surface area contributed by atoms with Crippen LogP contribution in [0.4, 0.5) is 0 Å². The molecule has 0 radical (unpaired) electrons. The Morgan fingerprint density at radius 1 is 1.53 bits per heavy atom. The van der Waals surface area contributed by atoms with Crippen molar-refractivity contribution in [3.05, 3.63) is 28.7 Å². The molecule has 0 fully saturated rings. The van der Waals surface area contributed by atoms with E-state index in [1.165, 1.54) is 17.4 Å². The van der Waals surface area contributed by atoms with Crippen LogP contribution in [0.1, 0.15) is 13.3 Å². The van der Waals surface area contributed by atoms with Crippen LogP contribution in [0.15, 0.2) is 33.6 Å². The van der Waals surface area contributed by atoms with Gasteiger partial charge < -0.3 is 0 Å². The van der Waals surface area contributed by atoms with E-state index in [-0.39, 0.29) is 17.4 Å². The zero-order chi connectivity index (χ0) is 13.1. The fourth-order valence-electron chi connectivity index (χ4n) is 1.29. The lowest BCUT2D eigenvalue weighted by atomic mass is 10.3. The molecule has 1 atom stereocenters. The van der Waals surface area contributed by atoms with E-state index < -0.39 is 10.0 Å². The lowest BCUT2D eigenvalue weighted by Gasteiger charge is -2.22. The molecule has 0 aliphatic rings. The van der Waals surface area contributed by atoms with E-state index in [2.05, 4.69) is 15.9 Å². The largest absolute Gasteiger partial charge is 0.243 e. The van der Waals surface area contributed by atoms with Crippen LogP contribution in [0, 0.1) is 11.3 Å². The highest BCUT2D eigenvalue weighted by Crippen LogP contribution is 2.21. The molecule has 92 valence electrons. The third-order valence-corrected chi connectivity index (χ3v) is 4.94. The van der Waals surface area contributed by atoms with E-state index >= 15 is 0 Å². The first kappa shape index (κ1) is 14.2. The highest BCUT2D eigenvalue weighted by atomic mass is 79.9. The summed E-state index contributed by atoms with van der Waals surface area (Å²) in [7, 11) is -2.05. The van der Waals surface area contributed by atoms with Gasteiger partial charge in [-0.15, -0.1) is 0 Å². The number of nitriles is 1. The summed E-state index contributed by atoms with van der Waals surface area (Å²) in [6.07, 6.45) is 0.170. The second-order valence-corrected chi connectivity index (χ2v) is 6.60. The van der Waals surface area contributed by atoms with Crippen LogP contribution in [0.2, 0.25) is 0 Å². The molecule has 1 rings (SSSR count). The van der Waals surface area contributed by atoms with Crippen molar-refractivity contribution in [2.45, 2.75) is 24.3 Å². The molecule has 0 spiro atoms. The minimum atomic E-state index is -3.53. The Morgan fingerprint density at radius 2 is 2.18 bits per heavy atom. The Hall–Kier alpha value is -0.900. The third-order valence-electron chi connectivity index (χ3n) is 2.48. The predicted octanol–water partition coefficient (Wildman–Crippen LogP) is 2.37. The number of hydrogen-bond acceptors (Lipinski definition) is 3. The van der Waals surface area contributed by atoms with E-state index in [0.717, 1.165) is 0 Å². The Morgan fingerprint density at radius 3 is 2.71 bits per heavy atom. The highest BCUT2D eigenvalue weighted by molar-refractivity contribution is 9.10. The van der Waals surface area contributed by atoms with Crippen LogP contribution in [0.5, 0.6) is 0 Å². The maximum absolute atomic E-state index is 12.2. The molecular weight excluding hydrogens is 304 g/mol. The second-order valence-electron chi connectivity index (χ2n) is 3.69. The Kier molecular flexibility index (Phi) is 4.69. The summed E-state index contributed by atoms with van der Waals surface area (Å²) in [5.41, 5.74) is 0. The molecule has 0 amide bonds. The first-order valence-electron chi connectivity index (χ1n) is 5.00. The molecule has 0 aliphatic heterocycles. The third kappa shape index (κ3) is 3.28. The van der Waals surface area contributed by atoms with Crippen molar-refractivity contribution in [2.24, 2.45) is 0 Å². The number of nitrogens with zero attached hydrogens (tertiary/aromatic N) is 2. The summed E-state index contributed by atoms with van der Waals surface area (Å²) in [6, 6.07) is 8.14. The van der Waals surface area contributed by atoms with Crippen molar-refractivity contribution >= 4 is 26.0 Å². The minimum Gasteiger partial charge on any atom is -0.207 e. The van der Waals surface area contributed by atoms with Crippen LogP contribution < -0.4 is 0 Å². The lowest BCUT2D eigenvalue weighted by molar-refractivity contribution is 0.393. The Balaban J connectivity index is 3.08. The zero-order valence-electron chi connectivity index (χ0n) is 9.59. The molecule has 1 aromatic carbocycles. The molecule has 6 heteroatoms. The van der Waals surface area contributed by atoms with Crippen molar-refractivity contribution < 1.29 is 8.42 Å². The van der Waals surface area contributed by atoms with Crippen molar-refractivity contribution in [1.29, 1.82) is 5.26 Å². The second kappa shape index (κ2) is 5.63. The van der Waals surface area contributed by atoms with Crippen LogP contribution in [-0.4, -0.2) is 25.8 Å². The molecule has 0 saturated carbocycles. The fourth-order valence-corrected chi connectivity index (χ4v) is 3.25. The van der Waals surface area contributed by atoms with Gasteiger partial charge in [-0.2, -0.15) is 9.57 Å². The van der Waals surface area contributed by atoms with Crippen LogP contribution >= 0.6 is 15.9 Å². The molecule has 1 aromatic rings. The van der Waals surface area contributed by atoms with E-state index in [1.807, 2.05) is 6.07 Å². The summed E-state index contributed by atoms with van der Waals surface area (Å²) < 4.78 is 26.3. The number of hydrogen-bond donors (Lipinski definition) is 0. The summed E-state index contributed by atoms with van der Waals surface area (Å²) in [5.74, 6) is 0. The summed E-state index contributed by atoms with van der Waals surface area (Å²) >= 11 is 3.24. The standard InChI is InChI=1S/C11H13BrN2O2S/c1-9(6-7-13)14(2)17(15,16)11-5-3-4-10(12)8-11/h3-5,8-9H,6H2,1-2H3. The summed E-state index contributed by atoms with van der Waals surface area (Å²) in [5, 5.41) is 8.59. The summed E-state index contributed by atoms with van der Waals surface area (Å²) in [6.45, 7) is 1.71. The van der Waals surface area contributed by atoms with Gasteiger partial charge in [0.2, 0.25) is 10.0 Å². The van der Waals surface area contributed by atoms with Gasteiger partial charge in [-0.3, -0.25) is 0 Å². The first-order valence-corrected chi connectivity index (χ1v) is 7.23. The molecule has 0 bridgehead atoms. The van der Waals surface area contributed by atoms with Gasteiger partial charge in [0.15, 0.2) is 0 Å². The van der Waals surface area contributed by atoms with Crippen molar-refractivity contribution in [3.8, 4) is 6.07 Å². The number of rotatable bonds is 4. The number of benzene rings is 1. The average molecular weight is 317 g/mol. The maximum atomic E-state index is 12.2. The van der Waals surface area contributed by atoms with E-state index in [1.54, 1.807) is 25.1 Å². The topological polar surface area (TPSA) is 61.2 Å². The predicted molar refractivity (Wildman–Crippen MR) is 68.8 cm³/mol. The zero-order valence-corrected chi connectivity index (χ0v) is 12.0. The molecule has 0 aromatic heterocycles. The van der Waals surface area contributed by atoms with Crippen molar-refractivity contribution in [3.63, 3.8) is 0 Å². The van der Waals surface area contributed by atoms with Gasteiger partial charge in [-0.05, 0) is 25.1 Å². The van der Waals surface area contributed by atoms with Gasteiger partial charge in [-0.25, -0.2) is 8.42 Å².